The Kier molecular flexibility index (Phi) is 9.57. The summed E-state index contributed by atoms with van der Waals surface area (Å²) < 4.78 is 39.2. The van der Waals surface area contributed by atoms with Crippen LogP contribution in [0.5, 0.6) is 0 Å². The number of benzene rings is 3. The number of carbonyl (C=O) groups excluding carboxylic acids is 5. The van der Waals surface area contributed by atoms with Crippen molar-refractivity contribution in [2.45, 2.75) is 90.8 Å². The Morgan fingerprint density at radius 3 is 2.02 bits per heavy atom. The number of hydrogen-bond donors (Lipinski definition) is 0. The van der Waals surface area contributed by atoms with Gasteiger partial charge in [-0.05, 0) is 84.6 Å². The maximum absolute atomic E-state index is 15.3. The number of rotatable bonds is 6. The van der Waals surface area contributed by atoms with E-state index in [0.717, 1.165) is 31.2 Å². The average Bonchev–Trinajstić information content (AvgIpc) is 3.71. The van der Waals surface area contributed by atoms with Crippen molar-refractivity contribution in [3.8, 4) is 11.3 Å². The fourth-order valence-electron chi connectivity index (χ4n) is 7.16. The van der Waals surface area contributed by atoms with Crippen molar-refractivity contribution in [2.24, 2.45) is 0 Å². The van der Waals surface area contributed by atoms with Crippen LogP contribution in [0, 0.1) is 5.82 Å². The third kappa shape index (κ3) is 6.95. The lowest BCUT2D eigenvalue weighted by molar-refractivity contribution is 0.00985. The van der Waals surface area contributed by atoms with Crippen molar-refractivity contribution in [1.29, 1.82) is 0 Å². The van der Waals surface area contributed by atoms with Crippen LogP contribution in [0.3, 0.4) is 0 Å². The summed E-state index contributed by atoms with van der Waals surface area (Å²) >= 11 is 0. The number of methoxy groups -OCH3 is 1. The molecule has 1 saturated heterocycles. The number of carbonyl (C=O) groups is 5. The normalized spacial score (nSPS) is 17.7. The van der Waals surface area contributed by atoms with E-state index >= 15 is 4.39 Å². The number of likely N-dealkylation sites (tertiary alicyclic amines) is 1. The molecule has 2 heterocycles. The minimum Gasteiger partial charge on any atom is -0.465 e. The van der Waals surface area contributed by atoms with Gasteiger partial charge < -0.3 is 18.9 Å². The highest BCUT2D eigenvalue weighted by Gasteiger charge is 2.43. The number of amides is 1. The lowest BCUT2D eigenvalue weighted by Gasteiger charge is -2.37. The third-order valence-corrected chi connectivity index (χ3v) is 9.48. The van der Waals surface area contributed by atoms with Crippen LogP contribution < -0.4 is 0 Å². The molecule has 0 bridgehead atoms. The van der Waals surface area contributed by atoms with Crippen LogP contribution in [0.1, 0.15) is 104 Å². The highest BCUT2D eigenvalue weighted by Crippen LogP contribution is 2.42. The summed E-state index contributed by atoms with van der Waals surface area (Å²) in [5.41, 5.74) is -0.441. The van der Waals surface area contributed by atoms with Crippen LogP contribution in [0.4, 0.5) is 14.0 Å². The van der Waals surface area contributed by atoms with Gasteiger partial charge in [0, 0.05) is 28.6 Å². The molecule has 3 aromatic carbocycles. The van der Waals surface area contributed by atoms with Gasteiger partial charge in [0.15, 0.2) is 17.7 Å². The number of halogens is 1. The number of ketones is 2. The predicted molar refractivity (Wildman–Crippen MR) is 194 cm³/mol. The molecule has 11 nitrogen and oxygen atoms in total. The van der Waals surface area contributed by atoms with Crippen LogP contribution in [0.15, 0.2) is 60.7 Å². The van der Waals surface area contributed by atoms with E-state index in [2.05, 4.69) is 0 Å². The van der Waals surface area contributed by atoms with E-state index in [1.807, 2.05) is 39.8 Å². The van der Waals surface area contributed by atoms with Crippen molar-refractivity contribution in [2.75, 3.05) is 13.7 Å². The number of esters is 1. The molecule has 1 aliphatic carbocycles. The summed E-state index contributed by atoms with van der Waals surface area (Å²) in [5, 5.41) is 0.123. The van der Waals surface area contributed by atoms with E-state index < -0.39 is 65.0 Å². The van der Waals surface area contributed by atoms with Gasteiger partial charge in [-0.2, -0.15) is 0 Å². The fraction of sp³-hybridized carbons (Fsp3) is 0.390. The molecule has 6 rings (SSSR count). The summed E-state index contributed by atoms with van der Waals surface area (Å²) in [5.74, 6) is -2.74. The number of Topliss-reactive ketones (excluding diaryl/α,β-unsaturated/α-hetero) is 2. The largest absolute Gasteiger partial charge is 0.465 e. The maximum Gasteiger partial charge on any atom is 0.419 e. The van der Waals surface area contributed by atoms with Crippen molar-refractivity contribution in [3.05, 3.63) is 94.3 Å². The highest BCUT2D eigenvalue weighted by molar-refractivity contribution is 6.28. The molecule has 0 spiro atoms. The molecule has 1 fully saturated rings. The van der Waals surface area contributed by atoms with Gasteiger partial charge in [-0.25, -0.2) is 23.3 Å². The first-order valence-electron chi connectivity index (χ1n) is 17.4. The van der Waals surface area contributed by atoms with Crippen molar-refractivity contribution >= 4 is 40.6 Å². The fourth-order valence-corrected chi connectivity index (χ4v) is 7.16. The zero-order chi connectivity index (χ0) is 38.6. The van der Waals surface area contributed by atoms with Crippen LogP contribution in [0.25, 0.3) is 22.2 Å². The number of fused-ring (bicyclic) bond motifs is 2. The van der Waals surface area contributed by atoms with Crippen molar-refractivity contribution in [1.82, 2.24) is 9.47 Å². The van der Waals surface area contributed by atoms with Crippen LogP contribution in [-0.2, 0) is 31.1 Å². The standard InChI is InChI=1S/C41H43FN2O9/c1-39(2,3)52-37(48)43-19-11-18-41(43,7)24-16-14-23(15-17-24)32-29(22-51-35-33(45)26-12-9-10-13-27(26)34(35)46)31-28(36(47)50-8)20-25(42)21-30(31)44(32)38(49)53-40(4,5)6/h9-10,12-17,20-21,35H,11,18-19,22H2,1-8H3. The first kappa shape index (κ1) is 37.4. The Morgan fingerprint density at radius 1 is 0.868 bits per heavy atom. The quantitative estimate of drug-likeness (QED) is 0.110. The van der Waals surface area contributed by atoms with Gasteiger partial charge >= 0.3 is 18.2 Å². The van der Waals surface area contributed by atoms with E-state index in [0.29, 0.717) is 18.5 Å². The predicted octanol–water partition coefficient (Wildman–Crippen LogP) is 8.23. The summed E-state index contributed by atoms with van der Waals surface area (Å²) in [4.78, 5) is 69.0. The van der Waals surface area contributed by atoms with Crippen LogP contribution >= 0.6 is 0 Å². The Bertz CT molecular complexity index is 2120. The monoisotopic (exact) mass is 726 g/mol. The Hall–Kier alpha value is -5.36. The molecule has 12 heteroatoms. The topological polar surface area (TPSA) is 130 Å². The van der Waals surface area contributed by atoms with Crippen LogP contribution in [0.2, 0.25) is 0 Å². The van der Waals surface area contributed by atoms with Gasteiger partial charge in [0.1, 0.15) is 17.0 Å². The molecule has 2 aliphatic rings. The highest BCUT2D eigenvalue weighted by atomic mass is 19.1. The average molecular weight is 727 g/mol. The van der Waals surface area contributed by atoms with Gasteiger partial charge in [0.05, 0.1) is 36.0 Å². The number of aromatic nitrogens is 1. The smallest absolute Gasteiger partial charge is 0.419 e. The Balaban J connectivity index is 1.53. The van der Waals surface area contributed by atoms with Crippen LogP contribution in [-0.4, -0.2) is 70.1 Å². The Morgan fingerprint density at radius 2 is 1.45 bits per heavy atom. The van der Waals surface area contributed by atoms with Gasteiger partial charge in [0.2, 0.25) is 0 Å². The molecule has 278 valence electrons. The third-order valence-electron chi connectivity index (χ3n) is 9.48. The Labute approximate surface area is 306 Å². The SMILES string of the molecule is COC(=O)c1cc(F)cc2c1c(COC1C(=O)c3ccccc3C1=O)c(-c1ccc(C3(C)CCCN3C(=O)OC(C)(C)C)cc1)n2C(=O)OC(C)(C)C. The molecule has 0 radical (unpaired) electrons. The van der Waals surface area contributed by atoms with E-state index in [-0.39, 0.29) is 38.9 Å². The van der Waals surface area contributed by atoms with Crippen molar-refractivity contribution < 1.29 is 47.3 Å². The lowest BCUT2D eigenvalue weighted by atomic mass is 9.88. The summed E-state index contributed by atoms with van der Waals surface area (Å²) in [7, 11) is 1.15. The summed E-state index contributed by atoms with van der Waals surface area (Å²) in [6.45, 7) is 12.5. The van der Waals surface area contributed by atoms with Gasteiger partial charge in [-0.15, -0.1) is 0 Å². The first-order chi connectivity index (χ1) is 24.8. The minimum atomic E-state index is -1.48. The molecule has 1 atom stereocenters. The second kappa shape index (κ2) is 13.6. The molecule has 4 aromatic rings. The molecule has 1 aromatic heterocycles. The van der Waals surface area contributed by atoms with E-state index in [1.54, 1.807) is 62.1 Å². The molecule has 0 N–H and O–H groups in total. The lowest BCUT2D eigenvalue weighted by Crippen LogP contribution is -2.45. The molecule has 1 unspecified atom stereocenters. The van der Waals surface area contributed by atoms with Gasteiger partial charge in [0.25, 0.3) is 0 Å². The molecular formula is C41H43FN2O9. The molecule has 1 aliphatic heterocycles. The van der Waals surface area contributed by atoms with E-state index in [9.17, 15) is 24.0 Å². The molecule has 1 amide bonds. The number of ether oxygens (including phenoxy) is 4. The zero-order valence-electron chi connectivity index (χ0n) is 31.1. The second-order valence-corrected chi connectivity index (χ2v) is 15.5. The minimum absolute atomic E-state index is 0.0106. The van der Waals surface area contributed by atoms with E-state index in [1.165, 1.54) is 4.57 Å². The molecule has 53 heavy (non-hydrogen) atoms. The van der Waals surface area contributed by atoms with Gasteiger partial charge in [-0.3, -0.25) is 14.5 Å². The molecule has 0 saturated carbocycles. The number of nitrogens with zero attached hydrogens (tertiary/aromatic N) is 2. The summed E-state index contributed by atoms with van der Waals surface area (Å²) in [6, 6.07) is 15.7. The summed E-state index contributed by atoms with van der Waals surface area (Å²) in [6.07, 6.45) is -1.34. The van der Waals surface area contributed by atoms with Crippen molar-refractivity contribution in [3.63, 3.8) is 0 Å². The second-order valence-electron chi connectivity index (χ2n) is 15.5. The first-order valence-corrected chi connectivity index (χ1v) is 17.4. The number of hydrogen-bond acceptors (Lipinski definition) is 9. The zero-order valence-corrected chi connectivity index (χ0v) is 31.1. The van der Waals surface area contributed by atoms with Gasteiger partial charge in [-0.1, -0.05) is 48.5 Å². The molecular weight excluding hydrogens is 683 g/mol. The maximum atomic E-state index is 15.3. The van der Waals surface area contributed by atoms with E-state index in [4.69, 9.17) is 18.9 Å².